The second-order valence-corrected chi connectivity index (χ2v) is 5.18. The van der Waals surface area contributed by atoms with Gasteiger partial charge in [0, 0.05) is 12.0 Å². The molecule has 116 valence electrons. The number of allylic oxidation sites excluding steroid dienone is 1. The predicted octanol–water partition coefficient (Wildman–Crippen LogP) is 2.51. The fourth-order valence-electron chi connectivity index (χ4n) is 2.48. The molecule has 0 heterocycles. The first kappa shape index (κ1) is 17.5. The average molecular weight is 300 g/mol. The zero-order valence-corrected chi connectivity index (χ0v) is 13.1. The second kappa shape index (κ2) is 7.46. The minimum Gasteiger partial charge on any atom is -0.468 e. The molecule has 0 amide bonds. The lowest BCUT2D eigenvalue weighted by molar-refractivity contribution is -0.169. The Labute approximate surface area is 131 Å². The van der Waals surface area contributed by atoms with Gasteiger partial charge >= 0.3 is 11.9 Å². The van der Waals surface area contributed by atoms with Crippen LogP contribution in [0.1, 0.15) is 24.5 Å². The molecule has 1 aromatic carbocycles. The van der Waals surface area contributed by atoms with Crippen LogP contribution in [-0.2, 0) is 25.5 Å². The van der Waals surface area contributed by atoms with Crippen molar-refractivity contribution in [1.82, 2.24) is 0 Å². The van der Waals surface area contributed by atoms with Crippen molar-refractivity contribution in [2.75, 3.05) is 14.2 Å². The van der Waals surface area contributed by atoms with E-state index >= 15 is 0 Å². The van der Waals surface area contributed by atoms with Gasteiger partial charge in [-0.15, -0.1) is 13.0 Å². The highest BCUT2D eigenvalue weighted by Gasteiger charge is 2.48. The maximum atomic E-state index is 12.4. The van der Waals surface area contributed by atoms with E-state index in [0.717, 1.165) is 0 Å². The summed E-state index contributed by atoms with van der Waals surface area (Å²) in [7, 11) is 2.48. The summed E-state index contributed by atoms with van der Waals surface area (Å²) in [5.41, 5.74) is 0.528. The van der Waals surface area contributed by atoms with Gasteiger partial charge in [-0.3, -0.25) is 9.59 Å². The van der Waals surface area contributed by atoms with Crippen molar-refractivity contribution in [2.45, 2.75) is 19.8 Å². The van der Waals surface area contributed by atoms with E-state index in [1.54, 1.807) is 31.2 Å². The van der Waals surface area contributed by atoms with Gasteiger partial charge in [-0.2, -0.15) is 0 Å². The van der Waals surface area contributed by atoms with E-state index in [-0.39, 0.29) is 12.8 Å². The lowest BCUT2D eigenvalue weighted by atomic mass is 9.76. The molecule has 1 aromatic rings. The van der Waals surface area contributed by atoms with E-state index in [0.29, 0.717) is 16.7 Å². The van der Waals surface area contributed by atoms with E-state index < -0.39 is 17.4 Å². The number of terminal acetylenes is 1. The molecular weight excluding hydrogens is 280 g/mol. The molecule has 0 fully saturated rings. The normalized spacial score (nSPS) is 10.5. The van der Waals surface area contributed by atoms with Crippen LogP contribution in [0.5, 0.6) is 0 Å². The highest BCUT2D eigenvalue weighted by molar-refractivity contribution is 6.00. The van der Waals surface area contributed by atoms with Crippen LogP contribution in [-0.4, -0.2) is 26.2 Å². The Hall–Kier alpha value is -2.54. The van der Waals surface area contributed by atoms with Gasteiger partial charge in [0.2, 0.25) is 0 Å². The number of carbonyl (C=O) groups is 2. The standard InChI is InChI=1S/C18H20O4/c1-6-14-9-7-8-10-15(14)12-18(11-13(2)3,16(19)21-4)17(20)22-5/h1,7-10H,2,11-12H2,3-5H3. The third-order valence-electron chi connectivity index (χ3n) is 3.42. The second-order valence-electron chi connectivity index (χ2n) is 5.18. The lowest BCUT2D eigenvalue weighted by Gasteiger charge is -2.29. The molecule has 0 aromatic heterocycles. The molecule has 4 heteroatoms. The molecule has 4 nitrogen and oxygen atoms in total. The molecule has 0 aliphatic carbocycles. The SMILES string of the molecule is C#Cc1ccccc1CC(CC(=C)C)(C(=O)OC)C(=O)OC. The monoisotopic (exact) mass is 300 g/mol. The minimum absolute atomic E-state index is 0.0968. The van der Waals surface area contributed by atoms with E-state index in [1.165, 1.54) is 14.2 Å². The molecule has 0 aliphatic rings. The van der Waals surface area contributed by atoms with Crippen LogP contribution in [0.3, 0.4) is 0 Å². The van der Waals surface area contributed by atoms with Crippen LogP contribution >= 0.6 is 0 Å². The Morgan fingerprint density at radius 3 is 2.23 bits per heavy atom. The van der Waals surface area contributed by atoms with Crippen molar-refractivity contribution in [3.63, 3.8) is 0 Å². The summed E-state index contributed by atoms with van der Waals surface area (Å²) >= 11 is 0. The average Bonchev–Trinajstić information content (AvgIpc) is 2.52. The summed E-state index contributed by atoms with van der Waals surface area (Å²) in [6.07, 6.45) is 5.72. The number of benzene rings is 1. The van der Waals surface area contributed by atoms with Crippen molar-refractivity contribution in [1.29, 1.82) is 0 Å². The molecule has 0 unspecified atom stereocenters. The van der Waals surface area contributed by atoms with Gasteiger partial charge in [-0.1, -0.05) is 29.7 Å². The van der Waals surface area contributed by atoms with Crippen LogP contribution in [0.2, 0.25) is 0 Å². The molecule has 0 spiro atoms. The molecule has 0 saturated heterocycles. The quantitative estimate of drug-likeness (QED) is 0.350. The van der Waals surface area contributed by atoms with E-state index in [4.69, 9.17) is 15.9 Å². The number of esters is 2. The minimum atomic E-state index is -1.48. The van der Waals surface area contributed by atoms with Gasteiger partial charge < -0.3 is 9.47 Å². The zero-order valence-electron chi connectivity index (χ0n) is 13.1. The van der Waals surface area contributed by atoms with E-state index in [9.17, 15) is 9.59 Å². The summed E-state index contributed by atoms with van der Waals surface area (Å²) < 4.78 is 9.71. The lowest BCUT2D eigenvalue weighted by Crippen LogP contribution is -2.43. The molecular formula is C18H20O4. The number of rotatable bonds is 6. The predicted molar refractivity (Wildman–Crippen MR) is 84.0 cm³/mol. The van der Waals surface area contributed by atoms with Gasteiger partial charge in [0.05, 0.1) is 14.2 Å². The van der Waals surface area contributed by atoms with Crippen LogP contribution < -0.4 is 0 Å². The Morgan fingerprint density at radius 1 is 1.23 bits per heavy atom. The first-order valence-corrected chi connectivity index (χ1v) is 6.77. The molecule has 0 bridgehead atoms. The molecule has 0 radical (unpaired) electrons. The van der Waals surface area contributed by atoms with Crippen molar-refractivity contribution in [3.8, 4) is 12.3 Å². The first-order chi connectivity index (χ1) is 10.4. The number of hydrogen-bond donors (Lipinski definition) is 0. The summed E-state index contributed by atoms with van der Waals surface area (Å²) in [5.74, 6) is 1.24. The fraction of sp³-hybridized carbons (Fsp3) is 0.333. The Kier molecular flexibility index (Phi) is 5.94. The van der Waals surface area contributed by atoms with Crippen LogP contribution in [0.4, 0.5) is 0 Å². The number of ether oxygens (including phenoxy) is 2. The van der Waals surface area contributed by atoms with Crippen molar-refractivity contribution in [2.24, 2.45) is 5.41 Å². The van der Waals surface area contributed by atoms with Crippen LogP contribution in [0, 0.1) is 17.8 Å². The molecule has 1 rings (SSSR count). The number of methoxy groups -OCH3 is 2. The first-order valence-electron chi connectivity index (χ1n) is 6.77. The molecule has 0 N–H and O–H groups in total. The number of hydrogen-bond acceptors (Lipinski definition) is 4. The van der Waals surface area contributed by atoms with Gasteiger partial charge in [-0.05, 0) is 25.0 Å². The highest BCUT2D eigenvalue weighted by Crippen LogP contribution is 2.34. The van der Waals surface area contributed by atoms with Crippen LogP contribution in [0.15, 0.2) is 36.4 Å². The van der Waals surface area contributed by atoms with Crippen molar-refractivity contribution < 1.29 is 19.1 Å². The Bertz CT molecular complexity index is 606. The molecule has 0 atom stereocenters. The maximum absolute atomic E-state index is 12.4. The Balaban J connectivity index is 3.41. The van der Waals surface area contributed by atoms with Crippen LogP contribution in [0.25, 0.3) is 0 Å². The molecule has 0 aliphatic heterocycles. The smallest absolute Gasteiger partial charge is 0.323 e. The van der Waals surface area contributed by atoms with Crippen molar-refractivity contribution >= 4 is 11.9 Å². The topological polar surface area (TPSA) is 52.6 Å². The van der Waals surface area contributed by atoms with E-state index in [1.807, 2.05) is 0 Å². The van der Waals surface area contributed by atoms with Crippen molar-refractivity contribution in [3.05, 3.63) is 47.5 Å². The summed E-state index contributed by atoms with van der Waals surface area (Å²) in [6, 6.07) is 7.15. The summed E-state index contributed by atoms with van der Waals surface area (Å²) in [6.45, 7) is 5.55. The Morgan fingerprint density at radius 2 is 1.77 bits per heavy atom. The third-order valence-corrected chi connectivity index (χ3v) is 3.42. The van der Waals surface area contributed by atoms with Gasteiger partial charge in [-0.25, -0.2) is 0 Å². The number of carbonyl (C=O) groups excluding carboxylic acids is 2. The summed E-state index contributed by atoms with van der Waals surface area (Å²) in [4.78, 5) is 24.7. The highest BCUT2D eigenvalue weighted by atomic mass is 16.5. The maximum Gasteiger partial charge on any atom is 0.323 e. The molecule has 0 saturated carbocycles. The summed E-state index contributed by atoms with van der Waals surface area (Å²) in [5, 5.41) is 0. The largest absolute Gasteiger partial charge is 0.468 e. The van der Waals surface area contributed by atoms with E-state index in [2.05, 4.69) is 12.5 Å². The van der Waals surface area contributed by atoms with Gasteiger partial charge in [0.15, 0.2) is 5.41 Å². The fourth-order valence-corrected chi connectivity index (χ4v) is 2.48. The zero-order chi connectivity index (χ0) is 16.8. The van der Waals surface area contributed by atoms with Gasteiger partial charge in [0.1, 0.15) is 0 Å². The third kappa shape index (κ3) is 3.56. The van der Waals surface area contributed by atoms with Gasteiger partial charge in [0.25, 0.3) is 0 Å². The molecule has 22 heavy (non-hydrogen) atoms.